The molecular weight excluding hydrogens is 322 g/mol. The summed E-state index contributed by atoms with van der Waals surface area (Å²) in [5.74, 6) is -0.160. The van der Waals surface area contributed by atoms with E-state index in [1.165, 1.54) is 12.1 Å². The number of rotatable bonds is 4. The molecule has 0 aliphatic carbocycles. The van der Waals surface area contributed by atoms with E-state index in [-0.39, 0.29) is 21.3 Å². The molecule has 2 atom stereocenters. The Bertz CT molecular complexity index is 568. The van der Waals surface area contributed by atoms with Gasteiger partial charge in [-0.2, -0.15) is 0 Å². The van der Waals surface area contributed by atoms with Gasteiger partial charge in [-0.15, -0.1) is 0 Å². The second-order valence-electron chi connectivity index (χ2n) is 4.19. The van der Waals surface area contributed by atoms with E-state index in [0.29, 0.717) is 5.56 Å². The summed E-state index contributed by atoms with van der Waals surface area (Å²) in [6.07, 6.45) is 0.974. The quantitative estimate of drug-likeness (QED) is 0.481. The maximum absolute atomic E-state index is 11.6. The number of nitro benzene ring substituents is 1. The van der Waals surface area contributed by atoms with E-state index in [2.05, 4.69) is 15.9 Å². The molecule has 0 aromatic heterocycles. The summed E-state index contributed by atoms with van der Waals surface area (Å²) in [5.41, 5.74) is 0.103. The highest BCUT2D eigenvalue weighted by molar-refractivity contribution is 9.09. The van der Waals surface area contributed by atoms with E-state index in [0.717, 1.165) is 6.26 Å². The van der Waals surface area contributed by atoms with Crippen molar-refractivity contribution in [2.45, 2.75) is 29.5 Å². The van der Waals surface area contributed by atoms with Crippen LogP contribution in [0.2, 0.25) is 0 Å². The van der Waals surface area contributed by atoms with Gasteiger partial charge in [-0.1, -0.05) is 41.9 Å². The molecule has 2 unspecified atom stereocenters. The van der Waals surface area contributed by atoms with Crippen molar-refractivity contribution in [1.29, 1.82) is 0 Å². The maximum atomic E-state index is 11.6. The lowest BCUT2D eigenvalue weighted by Crippen LogP contribution is -2.11. The van der Waals surface area contributed by atoms with Crippen molar-refractivity contribution in [1.82, 2.24) is 0 Å². The third-order valence-electron chi connectivity index (χ3n) is 2.79. The van der Waals surface area contributed by atoms with Crippen LogP contribution in [0.4, 0.5) is 5.69 Å². The number of hydrogen-bond acceptors (Lipinski definition) is 4. The average Bonchev–Trinajstić information content (AvgIpc) is 2.25. The number of nitrogens with zero attached hydrogens (tertiary/aromatic N) is 1. The van der Waals surface area contributed by atoms with Crippen LogP contribution in [0.25, 0.3) is 0 Å². The van der Waals surface area contributed by atoms with E-state index in [4.69, 9.17) is 0 Å². The second kappa shape index (κ2) is 5.36. The van der Waals surface area contributed by atoms with Crippen LogP contribution in [-0.2, 0) is 9.84 Å². The molecule has 7 heteroatoms. The molecule has 0 aliphatic heterocycles. The van der Waals surface area contributed by atoms with Crippen LogP contribution in [0, 0.1) is 10.1 Å². The molecule has 0 saturated heterocycles. The zero-order chi connectivity index (χ0) is 14.1. The summed E-state index contributed by atoms with van der Waals surface area (Å²) in [5, 5.41) is 11.1. The first-order chi connectivity index (χ1) is 8.16. The minimum Gasteiger partial charge on any atom is -0.258 e. The van der Waals surface area contributed by atoms with Crippen LogP contribution in [0.1, 0.15) is 25.3 Å². The van der Waals surface area contributed by atoms with Crippen LogP contribution < -0.4 is 0 Å². The molecule has 1 rings (SSSR count). The highest BCUT2D eigenvalue weighted by Gasteiger charge is 2.29. The van der Waals surface area contributed by atoms with Crippen LogP contribution in [0.15, 0.2) is 23.1 Å². The molecule has 0 aliphatic rings. The molecule has 0 spiro atoms. The monoisotopic (exact) mass is 335 g/mol. The minimum absolute atomic E-state index is 0.00557. The summed E-state index contributed by atoms with van der Waals surface area (Å²) in [6.45, 7) is 3.68. The van der Waals surface area contributed by atoms with Crippen molar-refractivity contribution in [2.24, 2.45) is 0 Å². The number of benzene rings is 1. The van der Waals surface area contributed by atoms with Crippen LogP contribution in [-0.4, -0.2) is 24.4 Å². The van der Waals surface area contributed by atoms with Gasteiger partial charge in [0.25, 0.3) is 5.69 Å². The Morgan fingerprint density at radius 2 is 1.89 bits per heavy atom. The van der Waals surface area contributed by atoms with Gasteiger partial charge in [-0.25, -0.2) is 8.42 Å². The van der Waals surface area contributed by atoms with Gasteiger partial charge in [0.2, 0.25) is 0 Å². The van der Waals surface area contributed by atoms with E-state index in [1.807, 2.05) is 13.8 Å². The van der Waals surface area contributed by atoms with E-state index >= 15 is 0 Å². The van der Waals surface area contributed by atoms with E-state index in [1.54, 1.807) is 6.07 Å². The molecule has 0 fully saturated rings. The average molecular weight is 336 g/mol. The standard InChI is InChI=1S/C11H14BrNO4S/c1-7(8(2)12)9-5-4-6-10(18(3,16)17)11(9)13(14)15/h4-8H,1-3H3. The lowest BCUT2D eigenvalue weighted by molar-refractivity contribution is -0.388. The zero-order valence-corrected chi connectivity index (χ0v) is 12.7. The summed E-state index contributed by atoms with van der Waals surface area (Å²) in [4.78, 5) is 10.3. The molecule has 18 heavy (non-hydrogen) atoms. The first kappa shape index (κ1) is 15.1. The Kier molecular flexibility index (Phi) is 4.50. The molecule has 0 radical (unpaired) electrons. The number of hydrogen-bond donors (Lipinski definition) is 0. The van der Waals surface area contributed by atoms with Gasteiger partial charge < -0.3 is 0 Å². The van der Waals surface area contributed by atoms with Gasteiger partial charge in [0.05, 0.1) is 4.92 Å². The first-order valence-electron chi connectivity index (χ1n) is 5.27. The van der Waals surface area contributed by atoms with Crippen LogP contribution >= 0.6 is 15.9 Å². The Hall–Kier alpha value is -0.950. The Morgan fingerprint density at radius 1 is 1.33 bits per heavy atom. The minimum atomic E-state index is -3.62. The van der Waals surface area contributed by atoms with Gasteiger partial charge in [0.1, 0.15) is 4.90 Å². The molecular formula is C11H14BrNO4S. The van der Waals surface area contributed by atoms with Gasteiger partial charge in [0, 0.05) is 22.6 Å². The topological polar surface area (TPSA) is 77.3 Å². The number of para-hydroxylation sites is 1. The molecule has 0 bridgehead atoms. The van der Waals surface area contributed by atoms with Gasteiger partial charge >= 0.3 is 0 Å². The lowest BCUT2D eigenvalue weighted by Gasteiger charge is -2.15. The van der Waals surface area contributed by atoms with Crippen LogP contribution in [0.3, 0.4) is 0 Å². The third kappa shape index (κ3) is 3.08. The maximum Gasteiger partial charge on any atom is 0.291 e. The van der Waals surface area contributed by atoms with E-state index < -0.39 is 14.8 Å². The lowest BCUT2D eigenvalue weighted by atomic mass is 9.97. The van der Waals surface area contributed by atoms with Crippen molar-refractivity contribution in [3.63, 3.8) is 0 Å². The summed E-state index contributed by atoms with van der Waals surface area (Å²) < 4.78 is 23.2. The van der Waals surface area contributed by atoms with Crippen LogP contribution in [0.5, 0.6) is 0 Å². The predicted octanol–water partition coefficient (Wildman–Crippen LogP) is 2.89. The van der Waals surface area contributed by atoms with Crippen molar-refractivity contribution >= 4 is 31.5 Å². The van der Waals surface area contributed by atoms with Gasteiger partial charge in [0.15, 0.2) is 9.84 Å². The Balaban J connectivity index is 3.60. The summed E-state index contributed by atoms with van der Waals surface area (Å²) in [7, 11) is -3.62. The number of halogens is 1. The summed E-state index contributed by atoms with van der Waals surface area (Å²) in [6, 6.07) is 4.39. The molecule has 5 nitrogen and oxygen atoms in total. The molecule has 0 heterocycles. The summed E-state index contributed by atoms with van der Waals surface area (Å²) >= 11 is 3.36. The number of alkyl halides is 1. The smallest absolute Gasteiger partial charge is 0.258 e. The molecule has 1 aromatic carbocycles. The van der Waals surface area contributed by atoms with Gasteiger partial charge in [-0.3, -0.25) is 10.1 Å². The third-order valence-corrected chi connectivity index (χ3v) is 4.71. The largest absolute Gasteiger partial charge is 0.291 e. The molecule has 1 aromatic rings. The van der Waals surface area contributed by atoms with Crippen molar-refractivity contribution in [3.8, 4) is 0 Å². The van der Waals surface area contributed by atoms with Crippen molar-refractivity contribution in [2.75, 3.05) is 6.26 Å². The fraction of sp³-hybridized carbons (Fsp3) is 0.455. The Morgan fingerprint density at radius 3 is 2.28 bits per heavy atom. The zero-order valence-electron chi connectivity index (χ0n) is 10.3. The molecule has 100 valence electrons. The second-order valence-corrected chi connectivity index (χ2v) is 7.62. The van der Waals surface area contributed by atoms with Gasteiger partial charge in [-0.05, 0) is 6.07 Å². The first-order valence-corrected chi connectivity index (χ1v) is 8.08. The normalized spacial score (nSPS) is 15.1. The molecule has 0 amide bonds. The highest BCUT2D eigenvalue weighted by atomic mass is 79.9. The predicted molar refractivity (Wildman–Crippen MR) is 73.0 cm³/mol. The highest BCUT2D eigenvalue weighted by Crippen LogP contribution is 2.35. The fourth-order valence-corrected chi connectivity index (χ4v) is 2.80. The van der Waals surface area contributed by atoms with Crippen molar-refractivity contribution < 1.29 is 13.3 Å². The molecule has 0 N–H and O–H groups in total. The number of sulfone groups is 1. The van der Waals surface area contributed by atoms with E-state index in [9.17, 15) is 18.5 Å². The SMILES string of the molecule is CC(Br)C(C)c1cccc(S(C)(=O)=O)c1[N+](=O)[O-]. The fourth-order valence-electron chi connectivity index (χ4n) is 1.65. The van der Waals surface area contributed by atoms with Crippen molar-refractivity contribution in [3.05, 3.63) is 33.9 Å². The number of nitro groups is 1. The Labute approximate surface area is 114 Å². The molecule has 0 saturated carbocycles.